The number of carbonyl (C=O) groups excluding carboxylic acids is 1. The molecule has 9 heteroatoms. The van der Waals surface area contributed by atoms with Crippen LogP contribution in [0.2, 0.25) is 0 Å². The van der Waals surface area contributed by atoms with Gasteiger partial charge in [-0.05, 0) is 29.7 Å². The van der Waals surface area contributed by atoms with Crippen LogP contribution < -0.4 is 14.8 Å². The summed E-state index contributed by atoms with van der Waals surface area (Å²) in [5.74, 6) is -0.487. The molecule has 0 radical (unpaired) electrons. The van der Waals surface area contributed by atoms with Crippen molar-refractivity contribution >= 4 is 5.91 Å². The van der Waals surface area contributed by atoms with Crippen molar-refractivity contribution in [3.05, 3.63) is 53.3 Å². The number of nitrogens with zero attached hydrogens (tertiary/aromatic N) is 2. The lowest BCUT2D eigenvalue weighted by atomic mass is 9.49. The van der Waals surface area contributed by atoms with Crippen molar-refractivity contribution < 1.29 is 27.4 Å². The molecule has 1 aromatic heterocycles. The van der Waals surface area contributed by atoms with Gasteiger partial charge >= 0.3 is 6.36 Å². The number of amides is 1. The number of carbonyl (C=O) groups is 1. The first-order valence-corrected chi connectivity index (χ1v) is 10.9. The van der Waals surface area contributed by atoms with Gasteiger partial charge in [0.1, 0.15) is 23.6 Å². The van der Waals surface area contributed by atoms with E-state index in [1.807, 2.05) is 47.6 Å². The van der Waals surface area contributed by atoms with Crippen LogP contribution in [0.5, 0.6) is 11.5 Å². The smallest absolute Gasteiger partial charge is 0.489 e. The fraction of sp³-hybridized carbons (Fsp3) is 0.480. The standard InChI is InChI=1S/C25H28F3N3O3/c1-14(2)16-8-10-18(30-13-16)20(32)31-21-23(3,4)22(24(21,5)6)33-17-9-7-15(12-29)19(11-17)34-25(26,27)28/h7-11,13-14,21-22H,1-6H3,(H,31,32). The molecule has 182 valence electrons. The van der Waals surface area contributed by atoms with Crippen molar-refractivity contribution in [1.29, 1.82) is 5.26 Å². The predicted molar refractivity (Wildman–Crippen MR) is 119 cm³/mol. The Morgan fingerprint density at radius 1 is 1.15 bits per heavy atom. The molecule has 2 aromatic rings. The van der Waals surface area contributed by atoms with E-state index >= 15 is 0 Å². The van der Waals surface area contributed by atoms with E-state index in [9.17, 15) is 18.0 Å². The van der Waals surface area contributed by atoms with E-state index in [4.69, 9.17) is 10.00 Å². The third-order valence-corrected chi connectivity index (χ3v) is 6.35. The third-order valence-electron chi connectivity index (χ3n) is 6.35. The molecular weight excluding hydrogens is 447 g/mol. The number of halogens is 3. The first-order valence-electron chi connectivity index (χ1n) is 10.9. The van der Waals surface area contributed by atoms with Gasteiger partial charge in [-0.2, -0.15) is 5.26 Å². The van der Waals surface area contributed by atoms with Crippen molar-refractivity contribution in [3.8, 4) is 17.6 Å². The summed E-state index contributed by atoms with van der Waals surface area (Å²) in [5, 5.41) is 12.1. The van der Waals surface area contributed by atoms with Gasteiger partial charge in [-0.1, -0.05) is 47.6 Å². The molecule has 1 aromatic carbocycles. The Morgan fingerprint density at radius 3 is 2.29 bits per heavy atom. The minimum Gasteiger partial charge on any atom is -0.489 e. The Bertz CT molecular complexity index is 1090. The van der Waals surface area contributed by atoms with Gasteiger partial charge in [0.05, 0.1) is 5.56 Å². The second-order valence-corrected chi connectivity index (χ2v) is 10.00. The number of nitrogens with one attached hydrogen (secondary N) is 1. The number of alkyl halides is 3. The Kier molecular flexibility index (Phi) is 6.57. The molecule has 0 spiro atoms. The normalized spacial score (nSPS) is 20.7. The molecule has 1 N–H and O–H groups in total. The van der Waals surface area contributed by atoms with Gasteiger partial charge < -0.3 is 14.8 Å². The highest BCUT2D eigenvalue weighted by atomic mass is 19.4. The molecular formula is C25H28F3N3O3. The number of aromatic nitrogens is 1. The second-order valence-electron chi connectivity index (χ2n) is 10.00. The number of benzene rings is 1. The van der Waals surface area contributed by atoms with Gasteiger partial charge in [0.2, 0.25) is 0 Å². The molecule has 1 aliphatic rings. The van der Waals surface area contributed by atoms with E-state index < -0.39 is 29.0 Å². The van der Waals surface area contributed by atoms with Crippen LogP contribution in [0.3, 0.4) is 0 Å². The van der Waals surface area contributed by atoms with Crippen LogP contribution in [0, 0.1) is 22.2 Å². The Morgan fingerprint density at radius 2 is 1.79 bits per heavy atom. The fourth-order valence-corrected chi connectivity index (χ4v) is 4.90. The molecule has 34 heavy (non-hydrogen) atoms. The van der Waals surface area contributed by atoms with E-state index in [1.54, 1.807) is 18.3 Å². The Balaban J connectivity index is 1.77. The Labute approximate surface area is 197 Å². The summed E-state index contributed by atoms with van der Waals surface area (Å²) in [6.45, 7) is 11.8. The molecule has 1 fully saturated rings. The lowest BCUT2D eigenvalue weighted by molar-refractivity contribution is -0.274. The van der Waals surface area contributed by atoms with Crippen LogP contribution in [0.25, 0.3) is 0 Å². The Hall–Kier alpha value is -3.28. The summed E-state index contributed by atoms with van der Waals surface area (Å²) in [6.07, 6.45) is -3.68. The summed E-state index contributed by atoms with van der Waals surface area (Å²) < 4.78 is 48.2. The van der Waals surface area contributed by atoms with Crippen molar-refractivity contribution in [2.45, 2.75) is 66.0 Å². The largest absolute Gasteiger partial charge is 0.573 e. The van der Waals surface area contributed by atoms with Crippen molar-refractivity contribution in [1.82, 2.24) is 10.3 Å². The van der Waals surface area contributed by atoms with Crippen LogP contribution in [0.15, 0.2) is 36.5 Å². The summed E-state index contributed by atoms with van der Waals surface area (Å²) in [7, 11) is 0. The van der Waals surface area contributed by atoms with Gasteiger partial charge in [-0.15, -0.1) is 13.2 Å². The van der Waals surface area contributed by atoms with Gasteiger partial charge in [0.25, 0.3) is 5.91 Å². The molecule has 1 heterocycles. The van der Waals surface area contributed by atoms with E-state index in [0.29, 0.717) is 11.6 Å². The van der Waals surface area contributed by atoms with Crippen LogP contribution in [-0.2, 0) is 0 Å². The number of hydrogen-bond acceptors (Lipinski definition) is 5. The zero-order valence-corrected chi connectivity index (χ0v) is 19.9. The van der Waals surface area contributed by atoms with Gasteiger partial charge in [-0.25, -0.2) is 0 Å². The highest BCUT2D eigenvalue weighted by Gasteiger charge is 2.64. The summed E-state index contributed by atoms with van der Waals surface area (Å²) in [6, 6.07) is 8.68. The molecule has 0 saturated heterocycles. The average Bonchev–Trinajstić information content (AvgIpc) is 2.74. The maximum Gasteiger partial charge on any atom is 0.573 e. The lowest BCUT2D eigenvalue weighted by Crippen LogP contribution is -2.74. The SMILES string of the molecule is CC(C)c1ccc(C(=O)NC2C(C)(C)C(Oc3ccc(C#N)c(OC(F)(F)F)c3)C2(C)C)nc1. The fourth-order valence-electron chi connectivity index (χ4n) is 4.90. The minimum atomic E-state index is -4.93. The molecule has 0 atom stereocenters. The minimum absolute atomic E-state index is 0.139. The third kappa shape index (κ3) is 4.96. The molecule has 1 aliphatic carbocycles. The maximum atomic E-state index is 12.8. The first kappa shape index (κ1) is 25.3. The zero-order valence-electron chi connectivity index (χ0n) is 19.9. The highest BCUT2D eigenvalue weighted by molar-refractivity contribution is 5.92. The summed E-state index contributed by atoms with van der Waals surface area (Å²) >= 11 is 0. The second kappa shape index (κ2) is 8.82. The zero-order chi connectivity index (χ0) is 25.5. The lowest BCUT2D eigenvalue weighted by Gasteiger charge is -2.63. The number of hydrogen-bond donors (Lipinski definition) is 1. The predicted octanol–water partition coefficient (Wildman–Crippen LogP) is 5.59. The van der Waals surface area contributed by atoms with Crippen molar-refractivity contribution in [2.24, 2.45) is 10.8 Å². The van der Waals surface area contributed by atoms with E-state index in [2.05, 4.69) is 15.0 Å². The van der Waals surface area contributed by atoms with E-state index in [-0.39, 0.29) is 23.3 Å². The molecule has 0 bridgehead atoms. The topological polar surface area (TPSA) is 84.2 Å². The maximum absolute atomic E-state index is 12.8. The van der Waals surface area contributed by atoms with Gasteiger partial charge in [0.15, 0.2) is 5.75 Å². The van der Waals surface area contributed by atoms with E-state index in [1.165, 1.54) is 12.1 Å². The molecule has 1 amide bonds. The molecule has 0 unspecified atom stereocenters. The van der Waals surface area contributed by atoms with E-state index in [0.717, 1.165) is 11.6 Å². The number of rotatable bonds is 6. The van der Waals surface area contributed by atoms with Crippen LogP contribution in [0.1, 0.15) is 69.1 Å². The van der Waals surface area contributed by atoms with Crippen LogP contribution in [0.4, 0.5) is 13.2 Å². The molecule has 6 nitrogen and oxygen atoms in total. The van der Waals surface area contributed by atoms with Gasteiger partial charge in [-0.3, -0.25) is 9.78 Å². The molecule has 3 rings (SSSR count). The molecule has 0 aliphatic heterocycles. The molecule has 1 saturated carbocycles. The number of nitriles is 1. The average molecular weight is 476 g/mol. The first-order chi connectivity index (χ1) is 15.7. The van der Waals surface area contributed by atoms with Crippen molar-refractivity contribution in [3.63, 3.8) is 0 Å². The monoisotopic (exact) mass is 475 g/mol. The number of pyridine rings is 1. The van der Waals surface area contributed by atoms with Gasteiger partial charge in [0, 0.05) is 29.1 Å². The van der Waals surface area contributed by atoms with Crippen LogP contribution in [-0.4, -0.2) is 29.4 Å². The summed E-state index contributed by atoms with van der Waals surface area (Å²) in [5.41, 5.74) is -0.00340. The highest BCUT2D eigenvalue weighted by Crippen LogP contribution is 2.55. The summed E-state index contributed by atoms with van der Waals surface area (Å²) in [4.78, 5) is 17.1. The van der Waals surface area contributed by atoms with Crippen LogP contribution >= 0.6 is 0 Å². The quantitative estimate of drug-likeness (QED) is 0.589. The van der Waals surface area contributed by atoms with Crippen molar-refractivity contribution in [2.75, 3.05) is 0 Å². The number of ether oxygens (including phenoxy) is 2.